The molecule has 1 N–H and O–H groups in total. The third kappa shape index (κ3) is 3.05. The van der Waals surface area contributed by atoms with Gasteiger partial charge in [-0.2, -0.15) is 5.10 Å². The second-order valence-electron chi connectivity index (χ2n) is 9.65. The topological polar surface area (TPSA) is 103 Å². The van der Waals surface area contributed by atoms with Crippen molar-refractivity contribution in [3.63, 3.8) is 0 Å². The quantitative estimate of drug-likeness (QED) is 0.462. The van der Waals surface area contributed by atoms with Crippen LogP contribution in [0.2, 0.25) is 0 Å². The van der Waals surface area contributed by atoms with Crippen LogP contribution in [0, 0.1) is 34.8 Å². The summed E-state index contributed by atoms with van der Waals surface area (Å²) in [4.78, 5) is 28.7. The Hall–Kier alpha value is -2.81. The molecule has 0 atom stereocenters. The lowest BCUT2D eigenvalue weighted by Gasteiger charge is -2.56. The van der Waals surface area contributed by atoms with Crippen molar-refractivity contribution in [2.75, 3.05) is 5.32 Å². The average molecular weight is 438 g/mol. The largest absolute Gasteiger partial charge is 0.320 e. The molecule has 4 aliphatic rings. The van der Waals surface area contributed by atoms with Crippen LogP contribution in [0.4, 0.5) is 10.8 Å². The Bertz CT molecular complexity index is 1190. The van der Waals surface area contributed by atoms with Gasteiger partial charge in [-0.15, -0.1) is 0 Å². The maximum atomic E-state index is 13.0. The van der Waals surface area contributed by atoms with Crippen LogP contribution in [0.25, 0.3) is 10.2 Å². The van der Waals surface area contributed by atoms with Crippen molar-refractivity contribution in [1.29, 1.82) is 0 Å². The number of aryl methyl sites for hydroxylation is 1. The molecule has 7 rings (SSSR count). The first kappa shape index (κ1) is 18.9. The van der Waals surface area contributed by atoms with E-state index in [9.17, 15) is 14.9 Å². The molecule has 0 unspecified atom stereocenters. The number of nitrogens with one attached hydrogen (secondary N) is 1. The van der Waals surface area contributed by atoms with Gasteiger partial charge in [0.2, 0.25) is 5.69 Å². The van der Waals surface area contributed by atoms with Crippen LogP contribution in [-0.4, -0.2) is 25.6 Å². The minimum atomic E-state index is -0.578. The number of carbonyl (C=O) groups is 1. The molecule has 1 amide bonds. The van der Waals surface area contributed by atoms with Crippen LogP contribution in [-0.2, 0) is 5.54 Å². The van der Waals surface area contributed by atoms with Crippen molar-refractivity contribution in [2.24, 2.45) is 17.8 Å². The van der Waals surface area contributed by atoms with Crippen LogP contribution in [0.5, 0.6) is 0 Å². The van der Waals surface area contributed by atoms with Gasteiger partial charge in [0.1, 0.15) is 6.20 Å². The third-order valence-electron chi connectivity index (χ3n) is 7.36. The lowest BCUT2D eigenvalue weighted by atomic mass is 9.53. The minimum absolute atomic E-state index is 0.129. The van der Waals surface area contributed by atoms with Gasteiger partial charge in [-0.3, -0.25) is 24.9 Å². The number of amides is 1. The first-order chi connectivity index (χ1) is 14.9. The van der Waals surface area contributed by atoms with Gasteiger partial charge >= 0.3 is 5.69 Å². The van der Waals surface area contributed by atoms with Crippen molar-refractivity contribution >= 4 is 38.3 Å². The Balaban J connectivity index is 1.33. The van der Waals surface area contributed by atoms with Crippen LogP contribution in [0.1, 0.15) is 54.6 Å². The molecule has 0 aliphatic heterocycles. The highest BCUT2D eigenvalue weighted by atomic mass is 32.1. The standard InChI is InChI=1S/C22H23N5O3S/c1-12-2-3-16-18(4-12)31-21(23-16)24-20(28)19-17(27(29)30)11-26(25-19)22-8-13-5-14(9-22)7-15(6-13)10-22/h2-4,11,13-15H,5-10H2,1H3,(H,23,24,28). The molecule has 8 nitrogen and oxygen atoms in total. The van der Waals surface area contributed by atoms with Crippen molar-refractivity contribution in [3.05, 3.63) is 45.8 Å². The van der Waals surface area contributed by atoms with E-state index in [1.807, 2.05) is 25.1 Å². The van der Waals surface area contributed by atoms with Crippen molar-refractivity contribution in [1.82, 2.24) is 14.8 Å². The normalized spacial score (nSPS) is 28.9. The number of hydrogen-bond donors (Lipinski definition) is 1. The molecule has 2 heterocycles. The smallest absolute Gasteiger partial charge is 0.296 e. The second kappa shape index (κ2) is 6.59. The fraction of sp³-hybridized carbons (Fsp3) is 0.500. The fourth-order valence-electron chi connectivity index (χ4n) is 6.49. The van der Waals surface area contributed by atoms with Crippen LogP contribution in [0.3, 0.4) is 0 Å². The van der Waals surface area contributed by atoms with Gasteiger partial charge < -0.3 is 0 Å². The van der Waals surface area contributed by atoms with Gasteiger partial charge in [0.25, 0.3) is 5.91 Å². The summed E-state index contributed by atoms with van der Waals surface area (Å²) < 4.78 is 2.73. The van der Waals surface area contributed by atoms with E-state index in [1.165, 1.54) is 36.8 Å². The van der Waals surface area contributed by atoms with Gasteiger partial charge in [-0.25, -0.2) is 4.98 Å². The summed E-state index contributed by atoms with van der Waals surface area (Å²) in [5.41, 5.74) is 1.37. The Morgan fingerprint density at radius 1 is 1.23 bits per heavy atom. The van der Waals surface area contributed by atoms with Crippen LogP contribution >= 0.6 is 11.3 Å². The van der Waals surface area contributed by atoms with Crippen molar-refractivity contribution in [3.8, 4) is 0 Å². The summed E-state index contributed by atoms with van der Waals surface area (Å²) >= 11 is 1.36. The Morgan fingerprint density at radius 2 is 1.90 bits per heavy atom. The van der Waals surface area contributed by atoms with E-state index in [1.54, 1.807) is 4.68 Å². The Morgan fingerprint density at radius 3 is 2.55 bits per heavy atom. The lowest BCUT2D eigenvalue weighted by molar-refractivity contribution is -0.385. The van der Waals surface area contributed by atoms with Gasteiger partial charge in [-0.05, 0) is 80.9 Å². The molecule has 160 valence electrons. The molecule has 4 bridgehead atoms. The van der Waals surface area contributed by atoms with E-state index in [2.05, 4.69) is 15.4 Å². The summed E-state index contributed by atoms with van der Waals surface area (Å²) in [6.45, 7) is 2.00. The fourth-order valence-corrected chi connectivity index (χ4v) is 7.45. The molecule has 2 aromatic heterocycles. The number of anilines is 1. The number of rotatable bonds is 4. The summed E-state index contributed by atoms with van der Waals surface area (Å²) in [5.74, 6) is 1.46. The molecular formula is C22H23N5O3S. The molecule has 4 fully saturated rings. The molecule has 0 spiro atoms. The van der Waals surface area contributed by atoms with E-state index in [0.29, 0.717) is 22.9 Å². The highest BCUT2D eigenvalue weighted by molar-refractivity contribution is 7.22. The van der Waals surface area contributed by atoms with E-state index < -0.39 is 10.8 Å². The molecule has 1 aromatic carbocycles. The number of thiazole rings is 1. The van der Waals surface area contributed by atoms with Gasteiger partial charge in [0, 0.05) is 0 Å². The number of carbonyl (C=O) groups excluding carboxylic acids is 1. The highest BCUT2D eigenvalue weighted by Gasteiger charge is 2.53. The highest BCUT2D eigenvalue weighted by Crippen LogP contribution is 2.58. The minimum Gasteiger partial charge on any atom is -0.296 e. The van der Waals surface area contributed by atoms with E-state index in [-0.39, 0.29) is 16.9 Å². The van der Waals surface area contributed by atoms with Gasteiger partial charge in [-0.1, -0.05) is 17.4 Å². The van der Waals surface area contributed by atoms with Gasteiger partial charge in [0.15, 0.2) is 5.13 Å². The molecule has 0 radical (unpaired) electrons. The molecule has 4 saturated carbocycles. The zero-order chi connectivity index (χ0) is 21.3. The Labute approximate surface area is 182 Å². The molecule has 0 saturated heterocycles. The van der Waals surface area contributed by atoms with Crippen molar-refractivity contribution in [2.45, 2.75) is 51.0 Å². The van der Waals surface area contributed by atoms with E-state index in [4.69, 9.17) is 0 Å². The molecule has 4 aliphatic carbocycles. The summed E-state index contributed by atoms with van der Waals surface area (Å²) in [6, 6.07) is 5.87. The molecule has 31 heavy (non-hydrogen) atoms. The maximum Gasteiger partial charge on any atom is 0.320 e. The summed E-state index contributed by atoms with van der Waals surface area (Å²) in [7, 11) is 0. The zero-order valence-electron chi connectivity index (χ0n) is 17.2. The Kier molecular flexibility index (Phi) is 4.02. The number of nitrogens with zero attached hydrogens (tertiary/aromatic N) is 4. The lowest BCUT2D eigenvalue weighted by Crippen LogP contribution is -2.52. The SMILES string of the molecule is Cc1ccc2nc(NC(=O)c3nn(C45CC6CC(CC(C6)C4)C5)cc3[N+](=O)[O-])sc2c1. The number of nitro groups is 1. The van der Waals surface area contributed by atoms with Crippen molar-refractivity contribution < 1.29 is 9.72 Å². The third-order valence-corrected chi connectivity index (χ3v) is 8.30. The monoisotopic (exact) mass is 437 g/mol. The first-order valence-corrected chi connectivity index (χ1v) is 11.6. The predicted molar refractivity (Wildman–Crippen MR) is 117 cm³/mol. The second-order valence-corrected chi connectivity index (χ2v) is 10.7. The van der Waals surface area contributed by atoms with Crippen LogP contribution in [0.15, 0.2) is 24.4 Å². The van der Waals surface area contributed by atoms with Gasteiger partial charge in [0.05, 0.1) is 20.7 Å². The average Bonchev–Trinajstić information content (AvgIpc) is 3.31. The molecule has 3 aromatic rings. The molecule has 9 heteroatoms. The summed E-state index contributed by atoms with van der Waals surface area (Å²) in [5, 5.41) is 19.4. The summed E-state index contributed by atoms with van der Waals surface area (Å²) in [6.07, 6.45) is 8.33. The zero-order valence-corrected chi connectivity index (χ0v) is 18.0. The maximum absolute atomic E-state index is 13.0. The van der Waals surface area contributed by atoms with Crippen LogP contribution < -0.4 is 5.32 Å². The predicted octanol–water partition coefficient (Wildman–Crippen LogP) is 4.89. The molecular weight excluding hydrogens is 414 g/mol. The number of hydrogen-bond acceptors (Lipinski definition) is 6. The first-order valence-electron chi connectivity index (χ1n) is 10.8. The number of benzene rings is 1. The number of aromatic nitrogens is 3. The number of fused-ring (bicyclic) bond motifs is 1. The van der Waals surface area contributed by atoms with E-state index in [0.717, 1.165) is 35.0 Å². The van der Waals surface area contributed by atoms with E-state index >= 15 is 0 Å².